The minimum atomic E-state index is -1.55. The Balaban J connectivity index is 2.18. The molecule has 0 aliphatic rings. The van der Waals surface area contributed by atoms with Crippen molar-refractivity contribution in [3.8, 4) is 0 Å². The fraction of sp³-hybridized carbons (Fsp3) is 0.235. The number of benzene rings is 2. The van der Waals surface area contributed by atoms with Crippen LogP contribution >= 0.6 is 0 Å². The van der Waals surface area contributed by atoms with Gasteiger partial charge in [0.25, 0.3) is 0 Å². The molecule has 0 amide bonds. The Hall–Kier alpha value is -1.87. The maximum atomic E-state index is 4.88. The number of amidine groups is 1. The molecule has 0 heterocycles. The number of hydrogen-bond acceptors (Lipinski definition) is 1. The monoisotopic (exact) mass is 281 g/mol. The molecule has 2 rings (SSSR count). The number of rotatable bonds is 4. The second-order valence-corrected chi connectivity index (χ2v) is 10.3. The van der Waals surface area contributed by atoms with E-state index in [4.69, 9.17) is 9.97 Å². The number of nitrogens with zero attached hydrogens (tertiary/aromatic N) is 2. The average Bonchev–Trinajstić information content (AvgIpc) is 2.44. The largest absolute Gasteiger partial charge is 0.472 e. The van der Waals surface area contributed by atoms with Crippen molar-refractivity contribution in [3.05, 3.63) is 77.1 Å². The second-order valence-electron chi connectivity index (χ2n) is 5.77. The first kappa shape index (κ1) is 14.5. The molecule has 0 fully saturated rings. The molecule has 0 unspecified atom stereocenters. The molecule has 0 aromatic heterocycles. The lowest BCUT2D eigenvalue weighted by Gasteiger charge is -2.27. The zero-order chi connectivity index (χ0) is 14.4. The van der Waals surface area contributed by atoms with Crippen LogP contribution in [0, 0.1) is 0 Å². The summed E-state index contributed by atoms with van der Waals surface area (Å²) in [7, 11) is -1.55. The van der Waals surface area contributed by atoms with Gasteiger partial charge in [-0.15, -0.1) is 0 Å². The highest BCUT2D eigenvalue weighted by Gasteiger charge is 2.04. The van der Waals surface area contributed by atoms with Crippen LogP contribution in [0.1, 0.15) is 11.1 Å². The van der Waals surface area contributed by atoms with E-state index in [2.05, 4.69) is 43.9 Å². The van der Waals surface area contributed by atoms with Crippen molar-refractivity contribution in [2.45, 2.75) is 26.2 Å². The normalized spacial score (nSPS) is 12.2. The lowest BCUT2D eigenvalue weighted by Crippen LogP contribution is -2.20. The molecule has 20 heavy (non-hydrogen) atoms. The first-order valence-corrected chi connectivity index (χ1v) is 10.4. The van der Waals surface area contributed by atoms with Gasteiger partial charge < -0.3 is 9.97 Å². The predicted octanol–water partition coefficient (Wildman–Crippen LogP) is 4.84. The highest BCUT2D eigenvalue weighted by molar-refractivity contribution is 6.75. The van der Waals surface area contributed by atoms with Gasteiger partial charge >= 0.3 is 0 Å². The molecule has 2 aromatic carbocycles. The molecule has 0 saturated heterocycles. The summed E-state index contributed by atoms with van der Waals surface area (Å²) in [5, 5.41) is 4.73. The Bertz CT molecular complexity index is 557. The molecule has 2 aromatic rings. The molecule has 0 saturated carbocycles. The predicted molar refractivity (Wildman–Crippen MR) is 89.8 cm³/mol. The second kappa shape index (κ2) is 6.53. The van der Waals surface area contributed by atoms with E-state index in [1.54, 1.807) is 0 Å². The molecule has 2 nitrogen and oxygen atoms in total. The fourth-order valence-electron chi connectivity index (χ4n) is 1.85. The summed E-state index contributed by atoms with van der Waals surface area (Å²) in [5.74, 6) is 0.883. The van der Waals surface area contributed by atoms with Gasteiger partial charge in [-0.3, -0.25) is 0 Å². The maximum Gasteiger partial charge on any atom is 0.0438 e. The van der Waals surface area contributed by atoms with Gasteiger partial charge in [0, 0.05) is 8.24 Å². The molecule has 0 bridgehead atoms. The fourth-order valence-corrected chi connectivity index (χ4v) is 2.68. The van der Waals surface area contributed by atoms with Crippen molar-refractivity contribution in [1.82, 2.24) is 0 Å². The van der Waals surface area contributed by atoms with Crippen molar-refractivity contribution in [3.63, 3.8) is 0 Å². The van der Waals surface area contributed by atoms with Crippen LogP contribution in [0.25, 0.3) is 5.32 Å². The van der Waals surface area contributed by atoms with Crippen LogP contribution in [0.3, 0.4) is 0 Å². The molecule has 0 atom stereocenters. The van der Waals surface area contributed by atoms with Crippen LogP contribution in [0.2, 0.25) is 19.6 Å². The molecule has 0 spiro atoms. The van der Waals surface area contributed by atoms with Crippen molar-refractivity contribution < 1.29 is 0 Å². The van der Waals surface area contributed by atoms with Gasteiger partial charge in [0.05, 0.1) is 0 Å². The quantitative estimate of drug-likeness (QED) is 0.435. The summed E-state index contributed by atoms with van der Waals surface area (Å²) in [5.41, 5.74) is 2.32. The molecule has 0 aliphatic carbocycles. The maximum absolute atomic E-state index is 4.88. The van der Waals surface area contributed by atoms with Gasteiger partial charge in [-0.2, -0.15) is 0 Å². The minimum absolute atomic E-state index is 0.680. The van der Waals surface area contributed by atoms with Gasteiger partial charge in [0.15, 0.2) is 0 Å². The van der Waals surface area contributed by atoms with E-state index in [0.717, 1.165) is 11.4 Å². The van der Waals surface area contributed by atoms with Crippen LogP contribution in [0.15, 0.2) is 65.3 Å². The van der Waals surface area contributed by atoms with Crippen LogP contribution in [0.5, 0.6) is 0 Å². The lowest BCUT2D eigenvalue weighted by atomic mass is 10.2. The van der Waals surface area contributed by atoms with Gasteiger partial charge in [0.2, 0.25) is 0 Å². The molecule has 0 aliphatic heterocycles. The van der Waals surface area contributed by atoms with Crippen LogP contribution < -0.4 is 0 Å². The van der Waals surface area contributed by atoms with Crippen LogP contribution in [-0.4, -0.2) is 14.1 Å². The smallest absolute Gasteiger partial charge is 0.0438 e. The highest BCUT2D eigenvalue weighted by Crippen LogP contribution is 2.15. The third kappa shape index (κ3) is 4.66. The summed E-state index contributed by atoms with van der Waals surface area (Å²) in [6.07, 6.45) is 0. The van der Waals surface area contributed by atoms with Gasteiger partial charge in [-0.25, -0.2) is 0 Å². The third-order valence-electron chi connectivity index (χ3n) is 2.73. The Kier molecular flexibility index (Phi) is 4.74. The van der Waals surface area contributed by atoms with Crippen molar-refractivity contribution in [2.75, 3.05) is 0 Å². The van der Waals surface area contributed by atoms with Gasteiger partial charge in [-0.05, 0) is 17.7 Å². The van der Waals surface area contributed by atoms with E-state index in [9.17, 15) is 0 Å². The lowest BCUT2D eigenvalue weighted by molar-refractivity contribution is 1.23. The van der Waals surface area contributed by atoms with E-state index in [1.807, 2.05) is 36.4 Å². The summed E-state index contributed by atoms with van der Waals surface area (Å²) in [6, 6.07) is 20.6. The average molecular weight is 281 g/mol. The molecule has 104 valence electrons. The SMILES string of the molecule is C[Si](C)(C)/N=C(/[N-]Cc1ccccc1)c1ccccc1. The summed E-state index contributed by atoms with van der Waals surface area (Å²) in [4.78, 5) is 0. The van der Waals surface area contributed by atoms with Crippen LogP contribution in [0.4, 0.5) is 0 Å². The molecular weight excluding hydrogens is 260 g/mol. The van der Waals surface area contributed by atoms with E-state index in [0.29, 0.717) is 6.54 Å². The Morgan fingerprint density at radius 3 is 2.00 bits per heavy atom. The standard InChI is InChI=1S/C17H21N2Si/c1-20(2,3)19-17(16-12-8-5-9-13-16)18-14-15-10-6-4-7-11-15/h4-13H,14H2,1-3H3/q-1. The van der Waals surface area contributed by atoms with Crippen molar-refractivity contribution in [2.24, 2.45) is 4.66 Å². The van der Waals surface area contributed by atoms with Gasteiger partial charge in [-0.1, -0.05) is 86.1 Å². The Labute approximate surface area is 122 Å². The first-order chi connectivity index (χ1) is 9.54. The van der Waals surface area contributed by atoms with E-state index < -0.39 is 8.24 Å². The first-order valence-electron chi connectivity index (χ1n) is 6.91. The zero-order valence-electron chi connectivity index (χ0n) is 12.4. The third-order valence-corrected chi connectivity index (χ3v) is 3.61. The highest BCUT2D eigenvalue weighted by atomic mass is 28.3. The van der Waals surface area contributed by atoms with Crippen molar-refractivity contribution >= 4 is 14.1 Å². The topological polar surface area (TPSA) is 26.5 Å². The molecule has 0 N–H and O–H groups in total. The molecule has 0 radical (unpaired) electrons. The van der Waals surface area contributed by atoms with E-state index in [-0.39, 0.29) is 0 Å². The van der Waals surface area contributed by atoms with Gasteiger partial charge in [0.1, 0.15) is 0 Å². The molecular formula is C17H21N2Si-. The molecule has 3 heteroatoms. The van der Waals surface area contributed by atoms with Crippen LogP contribution in [-0.2, 0) is 6.54 Å². The number of hydrogen-bond donors (Lipinski definition) is 0. The Morgan fingerprint density at radius 2 is 1.45 bits per heavy atom. The summed E-state index contributed by atoms with van der Waals surface area (Å²) < 4.78 is 4.88. The minimum Gasteiger partial charge on any atom is -0.472 e. The van der Waals surface area contributed by atoms with E-state index in [1.165, 1.54) is 5.56 Å². The summed E-state index contributed by atoms with van der Waals surface area (Å²) >= 11 is 0. The Morgan fingerprint density at radius 1 is 0.900 bits per heavy atom. The summed E-state index contributed by atoms with van der Waals surface area (Å²) in [6.45, 7) is 7.37. The van der Waals surface area contributed by atoms with Crippen molar-refractivity contribution in [1.29, 1.82) is 0 Å². The zero-order valence-corrected chi connectivity index (χ0v) is 13.4. The van der Waals surface area contributed by atoms with E-state index >= 15 is 0 Å².